The Labute approximate surface area is 134 Å². The molecule has 0 saturated heterocycles. The van der Waals surface area contributed by atoms with Crippen molar-refractivity contribution >= 4 is 0 Å². The average molecular weight is 313 g/mol. The Balaban J connectivity index is 1.78. The molecular formula is C17H19N3O3. The highest BCUT2D eigenvalue weighted by Crippen LogP contribution is 2.21. The first-order valence-corrected chi connectivity index (χ1v) is 7.48. The summed E-state index contributed by atoms with van der Waals surface area (Å²) in [6.45, 7) is 3.03. The molecule has 3 rings (SSSR count). The molecule has 6 nitrogen and oxygen atoms in total. The molecular weight excluding hydrogens is 294 g/mol. The molecule has 2 aliphatic rings. The van der Waals surface area contributed by atoms with Gasteiger partial charge in [0.2, 0.25) is 0 Å². The van der Waals surface area contributed by atoms with Gasteiger partial charge in [-0.15, -0.1) is 0 Å². The van der Waals surface area contributed by atoms with Crippen LogP contribution in [0.1, 0.15) is 12.1 Å². The Morgan fingerprint density at radius 1 is 1.22 bits per heavy atom. The number of aromatic amines is 1. The molecule has 120 valence electrons. The van der Waals surface area contributed by atoms with Crippen LogP contribution in [-0.4, -0.2) is 34.9 Å². The Bertz CT molecular complexity index is 805. The number of nitrogens with one attached hydrogen (secondary N) is 1. The Morgan fingerprint density at radius 2 is 2.00 bits per heavy atom. The lowest BCUT2D eigenvalue weighted by Gasteiger charge is -2.09. The summed E-state index contributed by atoms with van der Waals surface area (Å²) in [5.74, 6) is 1.43. The number of nitrogens with zero attached hydrogens (tertiary/aromatic N) is 2. The van der Waals surface area contributed by atoms with E-state index in [0.29, 0.717) is 24.7 Å². The maximum absolute atomic E-state index is 12.0. The van der Waals surface area contributed by atoms with Crippen LogP contribution in [-0.2, 0) is 4.74 Å². The van der Waals surface area contributed by atoms with Crippen LogP contribution >= 0.6 is 0 Å². The summed E-state index contributed by atoms with van der Waals surface area (Å²) in [5.41, 5.74) is 2.23. The smallest absolute Gasteiger partial charge is 0.277 e. The van der Waals surface area contributed by atoms with Crippen molar-refractivity contribution in [2.24, 2.45) is 0 Å². The molecule has 1 N–H and O–H groups in total. The van der Waals surface area contributed by atoms with Crippen LogP contribution in [0.3, 0.4) is 0 Å². The zero-order valence-corrected chi connectivity index (χ0v) is 13.2. The van der Waals surface area contributed by atoms with Crippen LogP contribution in [0, 0.1) is 6.92 Å². The van der Waals surface area contributed by atoms with Crippen molar-refractivity contribution < 1.29 is 9.47 Å². The van der Waals surface area contributed by atoms with E-state index in [-0.39, 0.29) is 5.56 Å². The number of aromatic nitrogens is 3. The highest BCUT2D eigenvalue weighted by Gasteiger charge is 2.11. The molecule has 0 saturated carbocycles. The third kappa shape index (κ3) is 3.27. The largest absolute Gasteiger partial charge is 0.494 e. The number of benzene rings is 1. The van der Waals surface area contributed by atoms with Crippen LogP contribution in [0.5, 0.6) is 5.75 Å². The van der Waals surface area contributed by atoms with E-state index in [2.05, 4.69) is 9.97 Å². The molecule has 2 aliphatic heterocycles. The van der Waals surface area contributed by atoms with Crippen LogP contribution in [0.4, 0.5) is 0 Å². The van der Waals surface area contributed by atoms with E-state index in [4.69, 9.17) is 9.47 Å². The zero-order valence-electron chi connectivity index (χ0n) is 13.2. The quantitative estimate of drug-likeness (QED) is 0.709. The van der Waals surface area contributed by atoms with Crippen molar-refractivity contribution in [2.75, 3.05) is 20.3 Å². The minimum absolute atomic E-state index is 0.0895. The minimum atomic E-state index is -0.0895. The van der Waals surface area contributed by atoms with Crippen molar-refractivity contribution in [3.05, 3.63) is 52.7 Å². The number of hydrogen-bond acceptors (Lipinski definition) is 4. The average Bonchev–Trinajstić information content (AvgIpc) is 2.86. The van der Waals surface area contributed by atoms with Gasteiger partial charge in [0.05, 0.1) is 12.3 Å². The van der Waals surface area contributed by atoms with Gasteiger partial charge in [-0.3, -0.25) is 9.36 Å². The Kier molecular flexibility index (Phi) is 4.43. The van der Waals surface area contributed by atoms with E-state index in [1.54, 1.807) is 31.0 Å². The number of ether oxygens (including phenoxy) is 2. The topological polar surface area (TPSA) is 69.1 Å². The molecule has 0 aliphatic carbocycles. The third-order valence-electron chi connectivity index (χ3n) is 3.60. The van der Waals surface area contributed by atoms with Crippen molar-refractivity contribution in [3.63, 3.8) is 0 Å². The van der Waals surface area contributed by atoms with Gasteiger partial charge in [-0.05, 0) is 36.8 Å². The second kappa shape index (κ2) is 6.66. The van der Waals surface area contributed by atoms with E-state index in [9.17, 15) is 4.79 Å². The SMILES string of the molecule is COCCCOc1ccc(-c2cn3c(=O)c(C)nc-3c[nH]2)cc1. The third-order valence-corrected chi connectivity index (χ3v) is 3.60. The molecule has 0 unspecified atom stereocenters. The first kappa shape index (κ1) is 15.3. The summed E-state index contributed by atoms with van der Waals surface area (Å²) in [6.07, 6.45) is 4.36. The van der Waals surface area contributed by atoms with Gasteiger partial charge >= 0.3 is 0 Å². The van der Waals surface area contributed by atoms with Crippen molar-refractivity contribution in [1.82, 2.24) is 14.5 Å². The fourth-order valence-corrected chi connectivity index (χ4v) is 2.37. The molecule has 0 atom stereocenters. The Morgan fingerprint density at radius 3 is 2.74 bits per heavy atom. The van der Waals surface area contributed by atoms with E-state index in [0.717, 1.165) is 23.4 Å². The fourth-order valence-electron chi connectivity index (χ4n) is 2.37. The van der Waals surface area contributed by atoms with Crippen molar-refractivity contribution in [1.29, 1.82) is 0 Å². The summed E-state index contributed by atoms with van der Waals surface area (Å²) in [6, 6.07) is 7.74. The van der Waals surface area contributed by atoms with Gasteiger partial charge in [-0.2, -0.15) is 0 Å². The molecule has 0 amide bonds. The lowest BCUT2D eigenvalue weighted by molar-refractivity contribution is 0.172. The van der Waals surface area contributed by atoms with Crippen LogP contribution in [0.15, 0.2) is 41.5 Å². The van der Waals surface area contributed by atoms with Crippen LogP contribution < -0.4 is 10.3 Å². The normalized spacial score (nSPS) is 11.0. The van der Waals surface area contributed by atoms with E-state index < -0.39 is 0 Å². The van der Waals surface area contributed by atoms with E-state index in [1.165, 1.54) is 0 Å². The molecule has 1 aromatic rings. The number of methoxy groups -OCH3 is 1. The molecule has 0 aromatic heterocycles. The molecule has 0 radical (unpaired) electrons. The fraction of sp³-hybridized carbons (Fsp3) is 0.294. The van der Waals surface area contributed by atoms with Gasteiger partial charge in [-0.1, -0.05) is 0 Å². The predicted octanol–water partition coefficient (Wildman–Crippen LogP) is 2.39. The summed E-state index contributed by atoms with van der Waals surface area (Å²) in [5, 5.41) is 0. The summed E-state index contributed by atoms with van der Waals surface area (Å²) >= 11 is 0. The van der Waals surface area contributed by atoms with E-state index in [1.807, 2.05) is 24.3 Å². The second-order valence-electron chi connectivity index (χ2n) is 5.28. The number of aryl methyl sites for hydroxylation is 1. The summed E-state index contributed by atoms with van der Waals surface area (Å²) in [7, 11) is 1.68. The number of rotatable bonds is 6. The van der Waals surface area contributed by atoms with Gasteiger partial charge in [-0.25, -0.2) is 4.98 Å². The van der Waals surface area contributed by atoms with Crippen LogP contribution in [0.25, 0.3) is 17.1 Å². The molecule has 1 aromatic carbocycles. The van der Waals surface area contributed by atoms with Crippen molar-refractivity contribution in [3.8, 4) is 22.8 Å². The highest BCUT2D eigenvalue weighted by atomic mass is 16.5. The lowest BCUT2D eigenvalue weighted by atomic mass is 10.1. The second-order valence-corrected chi connectivity index (χ2v) is 5.28. The first-order chi connectivity index (χ1) is 11.2. The zero-order chi connectivity index (χ0) is 16.2. The standard InChI is InChI=1S/C17H19N3O3/c1-12-17(21)20-11-15(18-10-16(20)19-12)13-4-6-14(7-5-13)23-9-3-8-22-2/h4-7,10-11,18H,3,8-9H2,1-2H3. The van der Waals surface area contributed by atoms with Gasteiger partial charge in [0.25, 0.3) is 5.56 Å². The van der Waals surface area contributed by atoms with E-state index >= 15 is 0 Å². The number of H-pyrrole nitrogens is 1. The van der Waals surface area contributed by atoms with Gasteiger partial charge in [0.1, 0.15) is 11.4 Å². The Hall–Kier alpha value is -2.60. The maximum atomic E-state index is 12.0. The number of hydrogen-bond donors (Lipinski definition) is 1. The first-order valence-electron chi connectivity index (χ1n) is 7.48. The van der Waals surface area contributed by atoms with Crippen molar-refractivity contribution in [2.45, 2.75) is 13.3 Å². The van der Waals surface area contributed by atoms with Gasteiger partial charge in [0, 0.05) is 32.5 Å². The lowest BCUT2D eigenvalue weighted by Crippen LogP contribution is -2.13. The number of fused-ring (bicyclic) bond motifs is 1. The van der Waals surface area contributed by atoms with Gasteiger partial charge in [0.15, 0.2) is 5.82 Å². The van der Waals surface area contributed by atoms with Gasteiger partial charge < -0.3 is 14.5 Å². The molecule has 0 spiro atoms. The number of imidazole rings is 1. The predicted molar refractivity (Wildman–Crippen MR) is 87.5 cm³/mol. The molecule has 2 heterocycles. The molecule has 23 heavy (non-hydrogen) atoms. The summed E-state index contributed by atoms with van der Waals surface area (Å²) in [4.78, 5) is 19.4. The maximum Gasteiger partial charge on any atom is 0.277 e. The monoisotopic (exact) mass is 313 g/mol. The molecule has 0 fully saturated rings. The molecule has 0 bridgehead atoms. The highest BCUT2D eigenvalue weighted by molar-refractivity contribution is 5.60. The molecule has 6 heteroatoms. The summed E-state index contributed by atoms with van der Waals surface area (Å²) < 4.78 is 12.2. The van der Waals surface area contributed by atoms with Crippen LogP contribution in [0.2, 0.25) is 0 Å². The minimum Gasteiger partial charge on any atom is -0.494 e.